The Kier molecular flexibility index (Phi) is 7.32. The number of amides is 3. The van der Waals surface area contributed by atoms with E-state index < -0.39 is 40.4 Å². The van der Waals surface area contributed by atoms with Crippen molar-refractivity contribution >= 4 is 39.1 Å². The first kappa shape index (κ1) is 21.9. The maximum absolute atomic E-state index is 11.9. The van der Waals surface area contributed by atoms with Crippen LogP contribution < -0.4 is 16.0 Å². The van der Waals surface area contributed by atoms with E-state index in [1.807, 2.05) is 0 Å². The van der Waals surface area contributed by atoms with Gasteiger partial charge < -0.3 is 20.7 Å². The molecule has 0 aliphatic heterocycles. The largest absolute Gasteiger partial charge is 0.454 e. The van der Waals surface area contributed by atoms with E-state index in [1.54, 1.807) is 30.3 Å². The maximum Gasteiger partial charge on any atom is 0.328 e. The molecule has 3 N–H and O–H groups in total. The lowest BCUT2D eigenvalue weighted by molar-refractivity contribution is -0.148. The van der Waals surface area contributed by atoms with Gasteiger partial charge in [0.15, 0.2) is 16.4 Å². The van der Waals surface area contributed by atoms with Crippen molar-refractivity contribution in [1.29, 1.82) is 0 Å². The third-order valence-electron chi connectivity index (χ3n) is 3.62. The minimum absolute atomic E-state index is 0.0505. The van der Waals surface area contributed by atoms with Crippen LogP contribution in [0, 0.1) is 0 Å². The van der Waals surface area contributed by atoms with Gasteiger partial charge in [-0.05, 0) is 37.3 Å². The number of benzene rings is 2. The van der Waals surface area contributed by atoms with E-state index in [0.717, 1.165) is 6.26 Å². The standard InChI is InChI=1S/C19H21N3O6S/c1-13(20-19(25)22-14-7-4-3-5-8-14)18(24)28-12-17(23)21-15-9-6-10-16(11-15)29(2,26)27/h3-11,13H,12H2,1-2H3,(H,21,23)(H2,20,22,25)/t13-/m0/s1. The van der Waals surface area contributed by atoms with E-state index in [2.05, 4.69) is 16.0 Å². The lowest BCUT2D eigenvalue weighted by Crippen LogP contribution is -2.42. The zero-order valence-corrected chi connectivity index (χ0v) is 16.7. The Morgan fingerprint density at radius 3 is 2.28 bits per heavy atom. The molecule has 0 bridgehead atoms. The summed E-state index contributed by atoms with van der Waals surface area (Å²) in [5.74, 6) is -1.45. The molecule has 0 aliphatic rings. The van der Waals surface area contributed by atoms with Crippen molar-refractivity contribution in [2.24, 2.45) is 0 Å². The number of hydrogen-bond donors (Lipinski definition) is 3. The Bertz CT molecular complexity index is 992. The quantitative estimate of drug-likeness (QED) is 0.587. The second-order valence-electron chi connectivity index (χ2n) is 6.14. The monoisotopic (exact) mass is 419 g/mol. The molecule has 2 aromatic rings. The lowest BCUT2D eigenvalue weighted by atomic mass is 10.3. The number of ether oxygens (including phenoxy) is 1. The molecule has 2 aromatic carbocycles. The molecule has 0 fully saturated rings. The Balaban J connectivity index is 1.80. The highest BCUT2D eigenvalue weighted by Gasteiger charge is 2.18. The molecule has 0 radical (unpaired) electrons. The summed E-state index contributed by atoms with van der Waals surface area (Å²) in [7, 11) is -3.42. The molecule has 10 heteroatoms. The van der Waals surface area contributed by atoms with Gasteiger partial charge >= 0.3 is 12.0 Å². The molecule has 0 unspecified atom stereocenters. The molecule has 0 saturated heterocycles. The molecule has 1 atom stereocenters. The van der Waals surface area contributed by atoms with Crippen molar-refractivity contribution in [3.8, 4) is 0 Å². The first-order valence-electron chi connectivity index (χ1n) is 8.54. The van der Waals surface area contributed by atoms with E-state index in [0.29, 0.717) is 5.69 Å². The van der Waals surface area contributed by atoms with Gasteiger partial charge in [-0.2, -0.15) is 0 Å². The van der Waals surface area contributed by atoms with Crippen LogP contribution in [-0.2, 0) is 24.2 Å². The fourth-order valence-electron chi connectivity index (χ4n) is 2.21. The predicted octanol–water partition coefficient (Wildman–Crippen LogP) is 1.78. The molecule has 0 spiro atoms. The topological polar surface area (TPSA) is 131 Å². The third-order valence-corrected chi connectivity index (χ3v) is 4.73. The summed E-state index contributed by atoms with van der Waals surface area (Å²) in [6, 6.07) is 12.8. The average molecular weight is 419 g/mol. The van der Waals surface area contributed by atoms with Crippen molar-refractivity contribution < 1.29 is 27.5 Å². The van der Waals surface area contributed by atoms with Crippen LogP contribution in [0.15, 0.2) is 59.5 Å². The molecule has 3 amide bonds. The SMILES string of the molecule is C[C@H](NC(=O)Nc1ccccc1)C(=O)OCC(=O)Nc1cccc(S(C)(=O)=O)c1. The minimum Gasteiger partial charge on any atom is -0.454 e. The smallest absolute Gasteiger partial charge is 0.328 e. The first-order valence-corrected chi connectivity index (χ1v) is 10.4. The number of rotatable bonds is 7. The first-order chi connectivity index (χ1) is 13.6. The van der Waals surface area contributed by atoms with Crippen LogP contribution in [0.5, 0.6) is 0 Å². The number of carbonyl (C=O) groups excluding carboxylic acids is 3. The third kappa shape index (κ3) is 7.26. The van der Waals surface area contributed by atoms with Crippen molar-refractivity contribution in [2.75, 3.05) is 23.5 Å². The van der Waals surface area contributed by atoms with E-state index in [1.165, 1.54) is 31.2 Å². The molecular weight excluding hydrogens is 398 g/mol. The van der Waals surface area contributed by atoms with Crippen molar-refractivity contribution in [1.82, 2.24) is 5.32 Å². The summed E-state index contributed by atoms with van der Waals surface area (Å²) in [6.07, 6.45) is 1.05. The van der Waals surface area contributed by atoms with Crippen LogP contribution in [0.1, 0.15) is 6.92 Å². The van der Waals surface area contributed by atoms with E-state index in [-0.39, 0.29) is 10.6 Å². The molecule has 0 saturated carbocycles. The Morgan fingerprint density at radius 2 is 1.62 bits per heavy atom. The number of para-hydroxylation sites is 1. The van der Waals surface area contributed by atoms with E-state index in [4.69, 9.17) is 4.74 Å². The normalized spacial score (nSPS) is 11.8. The average Bonchev–Trinajstić information content (AvgIpc) is 2.66. The number of nitrogens with one attached hydrogen (secondary N) is 3. The highest BCUT2D eigenvalue weighted by atomic mass is 32.2. The summed E-state index contributed by atoms with van der Waals surface area (Å²) >= 11 is 0. The number of sulfone groups is 1. The summed E-state index contributed by atoms with van der Waals surface area (Å²) in [6.45, 7) is 0.828. The van der Waals surface area contributed by atoms with Gasteiger partial charge in [-0.1, -0.05) is 24.3 Å². The lowest BCUT2D eigenvalue weighted by Gasteiger charge is -2.14. The van der Waals surface area contributed by atoms with E-state index >= 15 is 0 Å². The maximum atomic E-state index is 11.9. The number of urea groups is 1. The molecule has 2 rings (SSSR count). The Labute approximate surface area is 168 Å². The zero-order chi connectivity index (χ0) is 21.4. The molecule has 29 heavy (non-hydrogen) atoms. The summed E-state index contributed by atoms with van der Waals surface area (Å²) in [5, 5.41) is 7.40. The number of esters is 1. The van der Waals surface area contributed by atoms with Crippen molar-refractivity contribution in [3.05, 3.63) is 54.6 Å². The molecule has 154 valence electrons. The van der Waals surface area contributed by atoms with Crippen molar-refractivity contribution in [2.45, 2.75) is 17.9 Å². The highest BCUT2D eigenvalue weighted by Crippen LogP contribution is 2.15. The second kappa shape index (κ2) is 9.69. The predicted molar refractivity (Wildman–Crippen MR) is 107 cm³/mol. The van der Waals surface area contributed by atoms with Crippen LogP contribution in [0.4, 0.5) is 16.2 Å². The number of hydrogen-bond acceptors (Lipinski definition) is 6. The second-order valence-corrected chi connectivity index (χ2v) is 8.16. The van der Waals surface area contributed by atoms with Gasteiger partial charge in [-0.3, -0.25) is 4.79 Å². The van der Waals surface area contributed by atoms with Crippen LogP contribution in [-0.4, -0.2) is 45.2 Å². The summed E-state index contributed by atoms with van der Waals surface area (Å²) in [4.78, 5) is 35.8. The minimum atomic E-state index is -3.42. The highest BCUT2D eigenvalue weighted by molar-refractivity contribution is 7.90. The fourth-order valence-corrected chi connectivity index (χ4v) is 2.87. The summed E-state index contributed by atoms with van der Waals surface area (Å²) in [5.41, 5.74) is 0.809. The number of anilines is 2. The van der Waals surface area contributed by atoms with Crippen molar-refractivity contribution in [3.63, 3.8) is 0 Å². The van der Waals surface area contributed by atoms with E-state index in [9.17, 15) is 22.8 Å². The molecule has 0 aromatic heterocycles. The van der Waals surface area contributed by atoms with Crippen LogP contribution in [0.25, 0.3) is 0 Å². The van der Waals surface area contributed by atoms with Gasteiger partial charge in [0.1, 0.15) is 6.04 Å². The fraction of sp³-hybridized carbons (Fsp3) is 0.211. The zero-order valence-electron chi connectivity index (χ0n) is 15.8. The molecule has 0 heterocycles. The molecular formula is C19H21N3O6S. The van der Waals surface area contributed by atoms with Gasteiger partial charge in [0, 0.05) is 17.6 Å². The van der Waals surface area contributed by atoms with Gasteiger partial charge in [0.05, 0.1) is 4.90 Å². The van der Waals surface area contributed by atoms with Gasteiger partial charge in [0.25, 0.3) is 5.91 Å². The number of carbonyl (C=O) groups is 3. The van der Waals surface area contributed by atoms with Gasteiger partial charge in [-0.15, -0.1) is 0 Å². The Morgan fingerprint density at radius 1 is 0.966 bits per heavy atom. The Hall–Kier alpha value is -3.40. The molecule has 0 aliphatic carbocycles. The molecule has 9 nitrogen and oxygen atoms in total. The summed E-state index contributed by atoms with van der Waals surface area (Å²) < 4.78 is 28.0. The van der Waals surface area contributed by atoms with Gasteiger partial charge in [-0.25, -0.2) is 18.0 Å². The van der Waals surface area contributed by atoms with Crippen LogP contribution in [0.3, 0.4) is 0 Å². The van der Waals surface area contributed by atoms with Crippen LogP contribution in [0.2, 0.25) is 0 Å². The van der Waals surface area contributed by atoms with Gasteiger partial charge in [0.2, 0.25) is 0 Å². The van der Waals surface area contributed by atoms with Crippen LogP contribution >= 0.6 is 0 Å².